The molecular formula is C23H24ClN3O5S. The molecule has 0 bridgehead atoms. The van der Waals surface area contributed by atoms with Crippen LogP contribution in [0.3, 0.4) is 0 Å². The first kappa shape index (κ1) is 24.4. The third-order valence-electron chi connectivity index (χ3n) is 4.69. The molecule has 0 spiro atoms. The Morgan fingerprint density at radius 2 is 1.64 bits per heavy atom. The van der Waals surface area contributed by atoms with Crippen molar-refractivity contribution in [3.8, 4) is 11.5 Å². The number of nitrogens with two attached hydrogens (primary N) is 1. The summed E-state index contributed by atoms with van der Waals surface area (Å²) in [4.78, 5) is 12.2. The molecule has 0 fully saturated rings. The number of benzene rings is 3. The van der Waals surface area contributed by atoms with E-state index < -0.39 is 10.0 Å². The summed E-state index contributed by atoms with van der Waals surface area (Å²) in [6, 6.07) is 16.8. The number of aryl methyl sites for hydroxylation is 1. The van der Waals surface area contributed by atoms with Crippen molar-refractivity contribution in [2.24, 2.45) is 5.14 Å². The molecule has 174 valence electrons. The minimum Gasteiger partial charge on any atom is -0.493 e. The normalized spacial score (nSPS) is 11.0. The van der Waals surface area contributed by atoms with Gasteiger partial charge in [-0.3, -0.25) is 4.79 Å². The Morgan fingerprint density at radius 3 is 2.24 bits per heavy atom. The smallest absolute Gasteiger partial charge is 0.262 e. The quantitative estimate of drug-likeness (QED) is 0.419. The van der Waals surface area contributed by atoms with E-state index in [0.29, 0.717) is 34.4 Å². The number of rotatable bonds is 9. The van der Waals surface area contributed by atoms with Gasteiger partial charge in [0.2, 0.25) is 10.0 Å². The molecule has 0 aliphatic carbocycles. The largest absolute Gasteiger partial charge is 0.493 e. The number of primary sulfonamides is 1. The summed E-state index contributed by atoms with van der Waals surface area (Å²) in [5, 5.41) is 11.4. The third-order valence-corrected chi connectivity index (χ3v) is 5.97. The summed E-state index contributed by atoms with van der Waals surface area (Å²) in [5.41, 5.74) is 3.18. The molecule has 0 heterocycles. The predicted octanol–water partition coefficient (Wildman–Crippen LogP) is 3.93. The fraction of sp³-hybridized carbons (Fsp3) is 0.174. The van der Waals surface area contributed by atoms with E-state index in [9.17, 15) is 13.2 Å². The second kappa shape index (κ2) is 10.6. The first-order valence-corrected chi connectivity index (χ1v) is 11.8. The number of amides is 1. The monoisotopic (exact) mass is 489 g/mol. The van der Waals surface area contributed by atoms with E-state index in [-0.39, 0.29) is 17.4 Å². The fourth-order valence-corrected chi connectivity index (χ4v) is 3.66. The Hall–Kier alpha value is -3.27. The predicted molar refractivity (Wildman–Crippen MR) is 128 cm³/mol. The maximum Gasteiger partial charge on any atom is 0.262 e. The lowest BCUT2D eigenvalue weighted by Gasteiger charge is -2.15. The molecule has 0 aromatic heterocycles. The first-order valence-electron chi connectivity index (χ1n) is 9.88. The maximum atomic E-state index is 12.2. The molecule has 33 heavy (non-hydrogen) atoms. The van der Waals surface area contributed by atoms with Gasteiger partial charge in [0.05, 0.1) is 12.0 Å². The summed E-state index contributed by atoms with van der Waals surface area (Å²) >= 11 is 6.40. The van der Waals surface area contributed by atoms with Crippen LogP contribution in [0.2, 0.25) is 5.02 Å². The highest BCUT2D eigenvalue weighted by Gasteiger charge is 2.13. The second-order valence-electron chi connectivity index (χ2n) is 7.22. The number of hydrogen-bond donors (Lipinski definition) is 3. The Morgan fingerprint density at radius 1 is 1.00 bits per heavy atom. The Kier molecular flexibility index (Phi) is 7.80. The SMILES string of the molecule is COc1cc(CNc2ccc(S(N)(=O)=O)cc2)c(Cl)cc1OCC(=O)Nc1ccc(C)cc1. The zero-order valence-electron chi connectivity index (χ0n) is 18.1. The van der Waals surface area contributed by atoms with Crippen LogP contribution in [-0.4, -0.2) is 28.0 Å². The average molecular weight is 490 g/mol. The number of ether oxygens (including phenoxy) is 2. The molecule has 3 aromatic rings. The van der Waals surface area contributed by atoms with Crippen LogP contribution >= 0.6 is 11.6 Å². The molecule has 0 saturated carbocycles. The number of sulfonamides is 1. The highest BCUT2D eigenvalue weighted by Crippen LogP contribution is 2.34. The van der Waals surface area contributed by atoms with Gasteiger partial charge in [0.1, 0.15) is 0 Å². The van der Waals surface area contributed by atoms with E-state index in [1.807, 2.05) is 31.2 Å². The Balaban J connectivity index is 1.62. The van der Waals surface area contributed by atoms with Crippen LogP contribution in [-0.2, 0) is 21.4 Å². The highest BCUT2D eigenvalue weighted by molar-refractivity contribution is 7.89. The van der Waals surface area contributed by atoms with Crippen LogP contribution in [0.4, 0.5) is 11.4 Å². The van der Waals surface area contributed by atoms with E-state index in [4.69, 9.17) is 26.2 Å². The summed E-state index contributed by atoms with van der Waals surface area (Å²) < 4.78 is 33.7. The second-order valence-corrected chi connectivity index (χ2v) is 9.19. The lowest BCUT2D eigenvalue weighted by molar-refractivity contribution is -0.118. The molecule has 3 aromatic carbocycles. The van der Waals surface area contributed by atoms with Gasteiger partial charge in [-0.15, -0.1) is 0 Å². The van der Waals surface area contributed by atoms with Crippen LogP contribution in [0.25, 0.3) is 0 Å². The Labute approximate surface area is 197 Å². The van der Waals surface area contributed by atoms with E-state index in [1.54, 1.807) is 24.3 Å². The lowest BCUT2D eigenvalue weighted by Crippen LogP contribution is -2.20. The van der Waals surface area contributed by atoms with Crippen molar-refractivity contribution in [1.82, 2.24) is 0 Å². The van der Waals surface area contributed by atoms with Gasteiger partial charge in [0, 0.05) is 29.0 Å². The van der Waals surface area contributed by atoms with E-state index in [2.05, 4.69) is 10.6 Å². The van der Waals surface area contributed by atoms with Gasteiger partial charge in [-0.05, 0) is 55.0 Å². The molecule has 8 nitrogen and oxygen atoms in total. The molecule has 0 unspecified atom stereocenters. The number of methoxy groups -OCH3 is 1. The van der Waals surface area contributed by atoms with E-state index in [1.165, 1.54) is 19.2 Å². The maximum absolute atomic E-state index is 12.2. The third kappa shape index (κ3) is 6.85. The van der Waals surface area contributed by atoms with Gasteiger partial charge in [-0.1, -0.05) is 29.3 Å². The van der Waals surface area contributed by atoms with Crippen LogP contribution in [0.1, 0.15) is 11.1 Å². The van der Waals surface area contributed by atoms with Gasteiger partial charge in [0.15, 0.2) is 18.1 Å². The van der Waals surface area contributed by atoms with Crippen molar-refractivity contribution in [3.63, 3.8) is 0 Å². The minimum absolute atomic E-state index is 0.0284. The van der Waals surface area contributed by atoms with Gasteiger partial charge >= 0.3 is 0 Å². The van der Waals surface area contributed by atoms with Gasteiger partial charge in [-0.2, -0.15) is 0 Å². The molecule has 4 N–H and O–H groups in total. The zero-order valence-corrected chi connectivity index (χ0v) is 19.7. The molecule has 0 aliphatic heterocycles. The number of halogens is 1. The van der Waals surface area contributed by atoms with Crippen LogP contribution in [0.5, 0.6) is 11.5 Å². The van der Waals surface area contributed by atoms with Crippen LogP contribution in [0.15, 0.2) is 65.6 Å². The van der Waals surface area contributed by atoms with Crippen molar-refractivity contribution < 1.29 is 22.7 Å². The molecule has 1 amide bonds. The van der Waals surface area contributed by atoms with Crippen molar-refractivity contribution in [1.29, 1.82) is 0 Å². The molecule has 0 radical (unpaired) electrons. The summed E-state index contributed by atoms with van der Waals surface area (Å²) in [6.07, 6.45) is 0. The topological polar surface area (TPSA) is 120 Å². The average Bonchev–Trinajstić information content (AvgIpc) is 2.78. The van der Waals surface area contributed by atoms with E-state index in [0.717, 1.165) is 11.1 Å². The summed E-state index contributed by atoms with van der Waals surface area (Å²) in [6.45, 7) is 2.10. The zero-order chi connectivity index (χ0) is 24.0. The number of carbonyl (C=O) groups excluding carboxylic acids is 1. The minimum atomic E-state index is -3.75. The van der Waals surface area contributed by atoms with Crippen molar-refractivity contribution in [2.45, 2.75) is 18.4 Å². The number of hydrogen-bond acceptors (Lipinski definition) is 6. The van der Waals surface area contributed by atoms with Crippen molar-refractivity contribution >= 4 is 38.9 Å². The molecule has 0 atom stereocenters. The number of carbonyl (C=O) groups is 1. The number of anilines is 2. The van der Waals surface area contributed by atoms with Crippen molar-refractivity contribution in [3.05, 3.63) is 76.8 Å². The fourth-order valence-electron chi connectivity index (χ4n) is 2.92. The summed E-state index contributed by atoms with van der Waals surface area (Å²) in [5.74, 6) is 0.442. The molecule has 0 saturated heterocycles. The summed E-state index contributed by atoms with van der Waals surface area (Å²) in [7, 11) is -2.25. The lowest BCUT2D eigenvalue weighted by atomic mass is 10.2. The van der Waals surface area contributed by atoms with Gasteiger partial charge < -0.3 is 20.1 Å². The van der Waals surface area contributed by atoms with Crippen molar-refractivity contribution in [2.75, 3.05) is 24.4 Å². The van der Waals surface area contributed by atoms with Crippen LogP contribution < -0.4 is 25.2 Å². The standard InChI is InChI=1S/C23H24ClN3O5S/c1-15-3-5-18(6-4-15)27-23(28)14-32-22-12-20(24)16(11-21(22)31-2)13-26-17-7-9-19(10-8-17)33(25,29)30/h3-12,26H,13-14H2,1-2H3,(H,27,28)(H2,25,29,30). The number of nitrogens with one attached hydrogen (secondary N) is 2. The Bertz CT molecular complexity index is 1230. The highest BCUT2D eigenvalue weighted by atomic mass is 35.5. The first-order chi connectivity index (χ1) is 15.7. The van der Waals surface area contributed by atoms with Gasteiger partial charge in [0.25, 0.3) is 5.91 Å². The molecule has 3 rings (SSSR count). The van der Waals surface area contributed by atoms with Gasteiger partial charge in [-0.25, -0.2) is 13.6 Å². The molecule has 10 heteroatoms. The van der Waals surface area contributed by atoms with Crippen LogP contribution in [0, 0.1) is 6.92 Å². The van der Waals surface area contributed by atoms with E-state index >= 15 is 0 Å². The molecule has 0 aliphatic rings. The molecular weight excluding hydrogens is 466 g/mol.